The Bertz CT molecular complexity index is 1150. The van der Waals surface area contributed by atoms with E-state index in [1.54, 1.807) is 6.08 Å². The molecule has 0 fully saturated rings. The van der Waals surface area contributed by atoms with E-state index in [1.807, 2.05) is 74.5 Å². The normalized spacial score (nSPS) is 14.2. The molecule has 1 heterocycles. The van der Waals surface area contributed by atoms with E-state index in [0.29, 0.717) is 30.6 Å². The van der Waals surface area contributed by atoms with Crippen LogP contribution in [0.3, 0.4) is 0 Å². The summed E-state index contributed by atoms with van der Waals surface area (Å²) in [6.45, 7) is 4.97. The zero-order valence-electron chi connectivity index (χ0n) is 18.2. The zero-order chi connectivity index (χ0) is 22.3. The summed E-state index contributed by atoms with van der Waals surface area (Å²) in [4.78, 5) is 16.7. The predicted molar refractivity (Wildman–Crippen MR) is 125 cm³/mol. The molecular formula is C27H25NO4. The first-order chi connectivity index (χ1) is 15.6. The molecule has 5 heteroatoms. The van der Waals surface area contributed by atoms with E-state index in [0.717, 1.165) is 23.1 Å². The van der Waals surface area contributed by atoms with Crippen LogP contribution in [-0.2, 0) is 16.0 Å². The van der Waals surface area contributed by atoms with Crippen molar-refractivity contribution in [3.63, 3.8) is 0 Å². The molecule has 162 valence electrons. The van der Waals surface area contributed by atoms with Gasteiger partial charge in [0.2, 0.25) is 5.90 Å². The quantitative estimate of drug-likeness (QED) is 0.359. The fourth-order valence-electron chi connectivity index (χ4n) is 3.31. The van der Waals surface area contributed by atoms with Crippen LogP contribution >= 0.6 is 0 Å². The topological polar surface area (TPSA) is 57.1 Å². The molecule has 0 saturated heterocycles. The number of cyclic esters (lactones) is 1. The number of carbonyl (C=O) groups excluding carboxylic acids is 1. The Morgan fingerprint density at radius 1 is 0.938 bits per heavy atom. The van der Waals surface area contributed by atoms with E-state index in [9.17, 15) is 4.79 Å². The molecule has 0 bridgehead atoms. The van der Waals surface area contributed by atoms with Crippen molar-refractivity contribution in [3.8, 4) is 11.5 Å². The van der Waals surface area contributed by atoms with E-state index in [4.69, 9.17) is 14.2 Å². The lowest BCUT2D eigenvalue weighted by atomic mass is 10.1. The maximum absolute atomic E-state index is 12.3. The molecule has 0 N–H and O–H groups in total. The molecule has 5 nitrogen and oxygen atoms in total. The number of hydrogen-bond donors (Lipinski definition) is 0. The van der Waals surface area contributed by atoms with Crippen LogP contribution < -0.4 is 9.47 Å². The van der Waals surface area contributed by atoms with Crippen LogP contribution in [0.25, 0.3) is 6.08 Å². The van der Waals surface area contributed by atoms with Gasteiger partial charge in [0.15, 0.2) is 17.2 Å². The Balaban J connectivity index is 1.50. The summed E-state index contributed by atoms with van der Waals surface area (Å²) in [5.41, 5.74) is 4.15. The molecule has 0 aromatic heterocycles. The minimum Gasteiger partial charge on any atom is -0.490 e. The number of benzene rings is 3. The van der Waals surface area contributed by atoms with Crippen molar-refractivity contribution in [3.05, 3.63) is 101 Å². The largest absolute Gasteiger partial charge is 0.490 e. The van der Waals surface area contributed by atoms with Gasteiger partial charge in [0.25, 0.3) is 0 Å². The summed E-state index contributed by atoms with van der Waals surface area (Å²) in [7, 11) is 0. The predicted octanol–water partition coefficient (Wildman–Crippen LogP) is 5.36. The van der Waals surface area contributed by atoms with Crippen molar-refractivity contribution in [2.24, 2.45) is 4.99 Å². The lowest BCUT2D eigenvalue weighted by Crippen LogP contribution is -2.05. The average molecular weight is 428 g/mol. The Morgan fingerprint density at radius 2 is 1.72 bits per heavy atom. The molecule has 1 aliphatic heterocycles. The maximum Gasteiger partial charge on any atom is 0.363 e. The highest BCUT2D eigenvalue weighted by molar-refractivity contribution is 6.12. The van der Waals surface area contributed by atoms with Gasteiger partial charge in [-0.15, -0.1) is 0 Å². The molecule has 3 aromatic carbocycles. The highest BCUT2D eigenvalue weighted by Crippen LogP contribution is 2.30. The third-order valence-corrected chi connectivity index (χ3v) is 4.98. The van der Waals surface area contributed by atoms with Gasteiger partial charge in [-0.3, -0.25) is 0 Å². The monoisotopic (exact) mass is 427 g/mol. The van der Waals surface area contributed by atoms with Gasteiger partial charge in [0.05, 0.1) is 13.2 Å². The van der Waals surface area contributed by atoms with Crippen LogP contribution in [-0.4, -0.2) is 25.1 Å². The Kier molecular flexibility index (Phi) is 6.66. The van der Waals surface area contributed by atoms with E-state index < -0.39 is 5.97 Å². The minimum absolute atomic E-state index is 0.251. The van der Waals surface area contributed by atoms with Crippen LogP contribution in [0.5, 0.6) is 11.5 Å². The van der Waals surface area contributed by atoms with Gasteiger partial charge in [0, 0.05) is 12.0 Å². The number of hydrogen-bond acceptors (Lipinski definition) is 5. The van der Waals surface area contributed by atoms with Crippen molar-refractivity contribution >= 4 is 17.9 Å². The molecule has 0 saturated carbocycles. The summed E-state index contributed by atoms with van der Waals surface area (Å²) in [5, 5.41) is 0. The third kappa shape index (κ3) is 5.24. The van der Waals surface area contributed by atoms with E-state index >= 15 is 0 Å². The van der Waals surface area contributed by atoms with Gasteiger partial charge in [-0.25, -0.2) is 9.79 Å². The lowest BCUT2D eigenvalue weighted by molar-refractivity contribution is -0.129. The van der Waals surface area contributed by atoms with Crippen LogP contribution in [0.1, 0.15) is 29.2 Å². The summed E-state index contributed by atoms with van der Waals surface area (Å²) < 4.78 is 17.1. The van der Waals surface area contributed by atoms with Crippen LogP contribution in [0.4, 0.5) is 0 Å². The van der Waals surface area contributed by atoms with E-state index in [-0.39, 0.29) is 5.70 Å². The lowest BCUT2D eigenvalue weighted by Gasteiger charge is -2.12. The highest BCUT2D eigenvalue weighted by atomic mass is 16.6. The van der Waals surface area contributed by atoms with Crippen molar-refractivity contribution in [1.82, 2.24) is 0 Å². The summed E-state index contributed by atoms with van der Waals surface area (Å²) in [5.74, 6) is 1.14. The van der Waals surface area contributed by atoms with E-state index in [1.165, 1.54) is 5.56 Å². The van der Waals surface area contributed by atoms with Gasteiger partial charge in [-0.05, 0) is 55.3 Å². The number of aryl methyl sites for hydroxylation is 1. The number of aliphatic imine (C=N–C) groups is 1. The first-order valence-corrected chi connectivity index (χ1v) is 10.7. The summed E-state index contributed by atoms with van der Waals surface area (Å²) in [6.07, 6.45) is 2.50. The van der Waals surface area contributed by atoms with Crippen LogP contribution in [0.2, 0.25) is 0 Å². The molecule has 3 aromatic rings. The molecule has 0 unspecified atom stereocenters. The number of rotatable bonds is 8. The average Bonchev–Trinajstić information content (AvgIpc) is 3.16. The van der Waals surface area contributed by atoms with Gasteiger partial charge < -0.3 is 14.2 Å². The van der Waals surface area contributed by atoms with Crippen molar-refractivity contribution in [2.45, 2.75) is 20.3 Å². The van der Waals surface area contributed by atoms with Gasteiger partial charge >= 0.3 is 5.97 Å². The first kappa shape index (κ1) is 21.4. The first-order valence-electron chi connectivity index (χ1n) is 10.7. The molecule has 1 aliphatic rings. The Labute approximate surface area is 188 Å². The molecule has 0 atom stereocenters. The minimum atomic E-state index is -0.471. The fourth-order valence-corrected chi connectivity index (χ4v) is 3.31. The molecule has 0 spiro atoms. The van der Waals surface area contributed by atoms with Crippen molar-refractivity contribution < 1.29 is 19.0 Å². The SMILES string of the molecule is CCOc1cc(/C=C2\N=C(c3ccc(C)cc3)OC2=O)ccc1OCCc1ccccc1. The molecule has 4 rings (SSSR count). The molecule has 0 aliphatic carbocycles. The second-order valence-electron chi connectivity index (χ2n) is 7.43. The smallest absolute Gasteiger partial charge is 0.363 e. The van der Waals surface area contributed by atoms with Gasteiger partial charge in [-0.1, -0.05) is 54.1 Å². The zero-order valence-corrected chi connectivity index (χ0v) is 18.2. The van der Waals surface area contributed by atoms with Gasteiger partial charge in [-0.2, -0.15) is 0 Å². The number of carbonyl (C=O) groups is 1. The Hall–Kier alpha value is -3.86. The molecule has 0 amide bonds. The second-order valence-corrected chi connectivity index (χ2v) is 7.43. The van der Waals surface area contributed by atoms with Crippen molar-refractivity contribution in [1.29, 1.82) is 0 Å². The van der Waals surface area contributed by atoms with Crippen LogP contribution in [0.15, 0.2) is 83.5 Å². The fraction of sp³-hybridized carbons (Fsp3) is 0.185. The molecular weight excluding hydrogens is 402 g/mol. The standard InChI is InChI=1S/C27H25NO4/c1-3-30-25-18-21(11-14-24(25)31-16-15-20-7-5-4-6-8-20)17-23-27(29)32-26(28-23)22-12-9-19(2)10-13-22/h4-14,17-18H,3,15-16H2,1-2H3/b23-17-. The van der Waals surface area contributed by atoms with Crippen molar-refractivity contribution in [2.75, 3.05) is 13.2 Å². The summed E-state index contributed by atoms with van der Waals surface area (Å²) >= 11 is 0. The molecule has 0 radical (unpaired) electrons. The molecule has 32 heavy (non-hydrogen) atoms. The Morgan fingerprint density at radius 3 is 2.47 bits per heavy atom. The number of ether oxygens (including phenoxy) is 3. The highest BCUT2D eigenvalue weighted by Gasteiger charge is 2.24. The van der Waals surface area contributed by atoms with Gasteiger partial charge in [0.1, 0.15) is 0 Å². The van der Waals surface area contributed by atoms with E-state index in [2.05, 4.69) is 17.1 Å². The second kappa shape index (κ2) is 9.96. The summed E-state index contributed by atoms with van der Waals surface area (Å²) in [6, 6.07) is 23.5. The van der Waals surface area contributed by atoms with Crippen LogP contribution in [0, 0.1) is 6.92 Å². The third-order valence-electron chi connectivity index (χ3n) is 4.98. The number of esters is 1. The number of nitrogens with zero attached hydrogens (tertiary/aromatic N) is 1. The maximum atomic E-state index is 12.3.